The van der Waals surface area contributed by atoms with E-state index in [9.17, 15) is 9.90 Å². The van der Waals surface area contributed by atoms with E-state index in [1.54, 1.807) is 29.4 Å². The number of hydrogen-bond acceptors (Lipinski definition) is 3. The lowest BCUT2D eigenvalue weighted by Crippen LogP contribution is -2.15. The van der Waals surface area contributed by atoms with Crippen LogP contribution in [-0.4, -0.2) is 27.7 Å². The predicted octanol–water partition coefficient (Wildman–Crippen LogP) is 2.88. The van der Waals surface area contributed by atoms with E-state index in [2.05, 4.69) is 4.98 Å². The molecule has 0 saturated heterocycles. The van der Waals surface area contributed by atoms with Gasteiger partial charge in [0.05, 0.1) is 19.1 Å². The zero-order valence-electron chi connectivity index (χ0n) is 12.0. The second-order valence-electron chi connectivity index (χ2n) is 5.60. The molecule has 1 heterocycles. The number of nitrogens with zero attached hydrogens (tertiary/aromatic N) is 2. The normalized spacial score (nSPS) is 11.4. The van der Waals surface area contributed by atoms with Gasteiger partial charge in [-0.1, -0.05) is 20.8 Å². The van der Waals surface area contributed by atoms with Gasteiger partial charge in [0.25, 0.3) is 0 Å². The number of rotatable bonds is 3. The smallest absolute Gasteiger partial charge is 0.339 e. The molecule has 1 N–H and O–H groups in total. The number of aromatic carboxylic acids is 1. The van der Waals surface area contributed by atoms with Crippen LogP contribution >= 0.6 is 0 Å². The van der Waals surface area contributed by atoms with Gasteiger partial charge in [-0.15, -0.1) is 0 Å². The molecule has 1 aromatic heterocycles. The fraction of sp³-hybridized carbons (Fsp3) is 0.333. The number of carboxylic acid groups (broad SMARTS) is 1. The molecule has 20 heavy (non-hydrogen) atoms. The summed E-state index contributed by atoms with van der Waals surface area (Å²) in [5.41, 5.74) is 1.60. The highest BCUT2D eigenvalue weighted by Crippen LogP contribution is 2.34. The summed E-state index contributed by atoms with van der Waals surface area (Å²) < 4.78 is 7.05. The van der Waals surface area contributed by atoms with Crippen LogP contribution in [0.2, 0.25) is 0 Å². The van der Waals surface area contributed by atoms with Crippen LogP contribution in [0.15, 0.2) is 30.9 Å². The predicted molar refractivity (Wildman–Crippen MR) is 75.8 cm³/mol. The van der Waals surface area contributed by atoms with Crippen LogP contribution in [0.4, 0.5) is 0 Å². The van der Waals surface area contributed by atoms with Crippen LogP contribution < -0.4 is 4.74 Å². The third-order valence-electron chi connectivity index (χ3n) is 3.15. The van der Waals surface area contributed by atoms with E-state index < -0.39 is 5.97 Å². The molecule has 1 aromatic carbocycles. The van der Waals surface area contributed by atoms with Gasteiger partial charge in [0.1, 0.15) is 5.56 Å². The Morgan fingerprint density at radius 2 is 2.05 bits per heavy atom. The van der Waals surface area contributed by atoms with Crippen LogP contribution in [0.25, 0.3) is 5.69 Å². The first-order chi connectivity index (χ1) is 9.34. The first-order valence-corrected chi connectivity index (χ1v) is 6.28. The quantitative estimate of drug-likeness (QED) is 0.934. The molecule has 0 aliphatic heterocycles. The third-order valence-corrected chi connectivity index (χ3v) is 3.15. The fourth-order valence-corrected chi connectivity index (χ4v) is 2.01. The number of hydrogen-bond donors (Lipinski definition) is 1. The molecule has 5 nitrogen and oxygen atoms in total. The Hall–Kier alpha value is -2.30. The van der Waals surface area contributed by atoms with Gasteiger partial charge < -0.3 is 14.4 Å². The largest absolute Gasteiger partial charge is 0.494 e. The molecular weight excluding hydrogens is 256 g/mol. The highest BCUT2D eigenvalue weighted by atomic mass is 16.5. The average Bonchev–Trinajstić information content (AvgIpc) is 2.89. The van der Waals surface area contributed by atoms with Crippen molar-refractivity contribution < 1.29 is 14.6 Å². The molecular formula is C15H18N2O3. The summed E-state index contributed by atoms with van der Waals surface area (Å²) >= 11 is 0. The first kappa shape index (κ1) is 14.1. The minimum absolute atomic E-state index is 0.156. The Labute approximate surface area is 117 Å². The second kappa shape index (κ2) is 5.00. The van der Waals surface area contributed by atoms with Crippen molar-refractivity contribution in [3.05, 3.63) is 42.0 Å². The number of benzene rings is 1. The highest BCUT2D eigenvalue weighted by Gasteiger charge is 2.23. The molecule has 2 rings (SSSR count). The number of carbonyl (C=O) groups is 1. The van der Waals surface area contributed by atoms with E-state index >= 15 is 0 Å². The minimum atomic E-state index is -1.01. The molecule has 0 fully saturated rings. The molecule has 0 saturated carbocycles. The van der Waals surface area contributed by atoms with E-state index in [1.165, 1.54) is 7.11 Å². The summed E-state index contributed by atoms with van der Waals surface area (Å²) in [4.78, 5) is 15.5. The molecule has 2 aromatic rings. The van der Waals surface area contributed by atoms with Crippen molar-refractivity contribution in [2.75, 3.05) is 7.11 Å². The van der Waals surface area contributed by atoms with E-state index in [0.29, 0.717) is 11.4 Å². The molecule has 0 unspecified atom stereocenters. The maximum atomic E-state index is 11.5. The number of aromatic nitrogens is 2. The lowest BCUT2D eigenvalue weighted by molar-refractivity contribution is 0.0693. The zero-order valence-corrected chi connectivity index (χ0v) is 12.0. The van der Waals surface area contributed by atoms with Crippen molar-refractivity contribution in [1.82, 2.24) is 9.55 Å². The van der Waals surface area contributed by atoms with Crippen molar-refractivity contribution in [3.8, 4) is 11.4 Å². The van der Waals surface area contributed by atoms with Gasteiger partial charge in [0.15, 0.2) is 5.75 Å². The summed E-state index contributed by atoms with van der Waals surface area (Å²) in [7, 11) is 1.47. The van der Waals surface area contributed by atoms with Crippen molar-refractivity contribution in [3.63, 3.8) is 0 Å². The van der Waals surface area contributed by atoms with E-state index in [1.807, 2.05) is 26.8 Å². The Balaban J connectivity index is 2.77. The summed E-state index contributed by atoms with van der Waals surface area (Å²) in [6.07, 6.45) is 5.02. The van der Waals surface area contributed by atoms with E-state index in [0.717, 1.165) is 5.56 Å². The van der Waals surface area contributed by atoms with Gasteiger partial charge in [-0.2, -0.15) is 0 Å². The standard InChI is InChI=1S/C15H18N2O3/c1-15(2,3)10-7-11(14(18)19)13(20-4)12(8-10)17-6-5-16-9-17/h5-9H,1-4H3,(H,18,19). The van der Waals surface area contributed by atoms with Crippen LogP contribution in [0, 0.1) is 0 Å². The van der Waals surface area contributed by atoms with Gasteiger partial charge >= 0.3 is 5.97 Å². The number of imidazole rings is 1. The Kier molecular flexibility index (Phi) is 3.53. The maximum Gasteiger partial charge on any atom is 0.339 e. The van der Waals surface area contributed by atoms with E-state index in [4.69, 9.17) is 4.74 Å². The van der Waals surface area contributed by atoms with Gasteiger partial charge in [-0.25, -0.2) is 9.78 Å². The number of ether oxygens (including phenoxy) is 1. The average molecular weight is 274 g/mol. The Morgan fingerprint density at radius 3 is 2.50 bits per heavy atom. The van der Waals surface area contributed by atoms with Gasteiger partial charge in [0, 0.05) is 12.4 Å². The van der Waals surface area contributed by atoms with Crippen molar-refractivity contribution >= 4 is 5.97 Å². The second-order valence-corrected chi connectivity index (χ2v) is 5.60. The Bertz CT molecular complexity index is 625. The fourth-order valence-electron chi connectivity index (χ4n) is 2.01. The number of carboxylic acids is 1. The molecule has 0 atom stereocenters. The topological polar surface area (TPSA) is 64.3 Å². The summed E-state index contributed by atoms with van der Waals surface area (Å²) in [5, 5.41) is 9.40. The zero-order chi connectivity index (χ0) is 14.9. The minimum Gasteiger partial charge on any atom is -0.494 e. The van der Waals surface area contributed by atoms with Gasteiger partial charge in [-0.05, 0) is 23.1 Å². The van der Waals surface area contributed by atoms with Crippen LogP contribution in [0.1, 0.15) is 36.7 Å². The summed E-state index contributed by atoms with van der Waals surface area (Å²) in [6, 6.07) is 3.61. The summed E-state index contributed by atoms with van der Waals surface area (Å²) in [5.74, 6) is -0.669. The molecule has 5 heteroatoms. The third kappa shape index (κ3) is 2.52. The molecule has 0 radical (unpaired) electrons. The molecule has 0 amide bonds. The molecule has 0 aliphatic rings. The van der Waals surface area contributed by atoms with Crippen molar-refractivity contribution in [1.29, 1.82) is 0 Å². The molecule has 0 aliphatic carbocycles. The molecule has 106 valence electrons. The monoisotopic (exact) mass is 274 g/mol. The first-order valence-electron chi connectivity index (χ1n) is 6.28. The van der Waals surface area contributed by atoms with Crippen molar-refractivity contribution in [2.45, 2.75) is 26.2 Å². The van der Waals surface area contributed by atoms with Gasteiger partial charge in [0.2, 0.25) is 0 Å². The lowest BCUT2D eigenvalue weighted by Gasteiger charge is -2.22. The maximum absolute atomic E-state index is 11.5. The number of methoxy groups -OCH3 is 1. The molecule has 0 bridgehead atoms. The van der Waals surface area contributed by atoms with Crippen LogP contribution in [0.5, 0.6) is 5.75 Å². The lowest BCUT2D eigenvalue weighted by atomic mass is 9.85. The van der Waals surface area contributed by atoms with Gasteiger partial charge in [-0.3, -0.25) is 0 Å². The molecule has 0 spiro atoms. The van der Waals surface area contributed by atoms with Crippen LogP contribution in [-0.2, 0) is 5.41 Å². The SMILES string of the molecule is COc1c(C(=O)O)cc(C(C)(C)C)cc1-n1ccnc1. The van der Waals surface area contributed by atoms with Crippen molar-refractivity contribution in [2.24, 2.45) is 0 Å². The highest BCUT2D eigenvalue weighted by molar-refractivity contribution is 5.93. The van der Waals surface area contributed by atoms with Crippen LogP contribution in [0.3, 0.4) is 0 Å². The Morgan fingerprint density at radius 1 is 1.35 bits per heavy atom. The summed E-state index contributed by atoms with van der Waals surface area (Å²) in [6.45, 7) is 6.12. The van der Waals surface area contributed by atoms with E-state index in [-0.39, 0.29) is 11.0 Å².